The van der Waals surface area contributed by atoms with Crippen LogP contribution < -0.4 is 15.0 Å². The highest BCUT2D eigenvalue weighted by atomic mass is 16.5. The lowest BCUT2D eigenvalue weighted by molar-refractivity contribution is -0.136. The van der Waals surface area contributed by atoms with Crippen molar-refractivity contribution >= 4 is 11.7 Å². The van der Waals surface area contributed by atoms with Crippen LogP contribution in [0.4, 0.5) is 5.82 Å². The fourth-order valence-electron chi connectivity index (χ4n) is 3.45. The standard InChI is InChI=1S/C15H22N4O3/c1-16-15(20)10-4-6-22-12-3-5-19(8-11(10)12)13-7-14(21-2)18-9-17-13/h7,9-12H,3-6,8H2,1-2H3,(H,16,20)/t10-,11+,12-/m0/s1. The SMILES string of the molecule is CNC(=O)[C@H]1CCO[C@H]2CCN(c3cc(OC)ncn3)C[C@@H]21. The molecule has 3 heterocycles. The van der Waals surface area contributed by atoms with E-state index in [1.165, 1.54) is 6.33 Å². The van der Waals surface area contributed by atoms with Crippen molar-refractivity contribution in [2.24, 2.45) is 11.8 Å². The Kier molecular flexibility index (Phi) is 4.42. The van der Waals surface area contributed by atoms with Crippen molar-refractivity contribution in [3.05, 3.63) is 12.4 Å². The van der Waals surface area contributed by atoms with E-state index in [1.807, 2.05) is 6.07 Å². The molecule has 120 valence electrons. The molecule has 1 aromatic rings. The number of methoxy groups -OCH3 is 1. The molecule has 0 spiro atoms. The van der Waals surface area contributed by atoms with Gasteiger partial charge in [-0.25, -0.2) is 9.97 Å². The predicted molar refractivity (Wildman–Crippen MR) is 80.8 cm³/mol. The van der Waals surface area contributed by atoms with Crippen LogP contribution in [0.25, 0.3) is 0 Å². The van der Waals surface area contributed by atoms with Gasteiger partial charge in [-0.3, -0.25) is 4.79 Å². The van der Waals surface area contributed by atoms with Crippen molar-refractivity contribution in [3.8, 4) is 5.88 Å². The number of anilines is 1. The summed E-state index contributed by atoms with van der Waals surface area (Å²) in [7, 11) is 3.29. The Bertz CT molecular complexity index is 539. The minimum Gasteiger partial charge on any atom is -0.481 e. The largest absolute Gasteiger partial charge is 0.481 e. The van der Waals surface area contributed by atoms with E-state index in [9.17, 15) is 4.79 Å². The van der Waals surface area contributed by atoms with Crippen LogP contribution in [0.15, 0.2) is 12.4 Å². The lowest BCUT2D eigenvalue weighted by atomic mass is 9.79. The first-order valence-corrected chi connectivity index (χ1v) is 7.67. The molecule has 2 aliphatic rings. The number of hydrogen-bond acceptors (Lipinski definition) is 6. The molecular formula is C15H22N4O3. The van der Waals surface area contributed by atoms with Gasteiger partial charge in [0, 0.05) is 44.6 Å². The topological polar surface area (TPSA) is 76.6 Å². The summed E-state index contributed by atoms with van der Waals surface area (Å²) in [5.41, 5.74) is 0. The van der Waals surface area contributed by atoms with Gasteiger partial charge >= 0.3 is 0 Å². The van der Waals surface area contributed by atoms with Crippen LogP contribution in [0.2, 0.25) is 0 Å². The zero-order chi connectivity index (χ0) is 15.5. The number of carbonyl (C=O) groups is 1. The number of ether oxygens (including phenoxy) is 2. The van der Waals surface area contributed by atoms with Crippen molar-refractivity contribution in [2.45, 2.75) is 18.9 Å². The second kappa shape index (κ2) is 6.48. The Hall–Kier alpha value is -1.89. The minimum atomic E-state index is 0.00952. The monoisotopic (exact) mass is 306 g/mol. The zero-order valence-electron chi connectivity index (χ0n) is 13.0. The highest BCUT2D eigenvalue weighted by molar-refractivity contribution is 5.79. The second-order valence-electron chi connectivity index (χ2n) is 5.74. The molecule has 0 aromatic carbocycles. The first kappa shape index (κ1) is 15.0. The van der Waals surface area contributed by atoms with Crippen molar-refractivity contribution in [3.63, 3.8) is 0 Å². The molecule has 0 aliphatic carbocycles. The average Bonchev–Trinajstić information content (AvgIpc) is 2.60. The summed E-state index contributed by atoms with van der Waals surface area (Å²) >= 11 is 0. The summed E-state index contributed by atoms with van der Waals surface area (Å²) in [6.07, 6.45) is 3.36. The quantitative estimate of drug-likeness (QED) is 0.874. The van der Waals surface area contributed by atoms with Crippen LogP contribution in [-0.4, -0.2) is 55.8 Å². The third kappa shape index (κ3) is 2.85. The number of piperidine rings is 1. The molecule has 0 unspecified atom stereocenters. The number of rotatable bonds is 3. The maximum atomic E-state index is 12.1. The Morgan fingerprint density at radius 2 is 2.32 bits per heavy atom. The maximum absolute atomic E-state index is 12.1. The summed E-state index contributed by atoms with van der Waals surface area (Å²) in [4.78, 5) is 22.7. The molecule has 3 rings (SSSR count). The van der Waals surface area contributed by atoms with Gasteiger partial charge in [-0.1, -0.05) is 0 Å². The third-order valence-corrected chi connectivity index (χ3v) is 4.61. The van der Waals surface area contributed by atoms with Crippen LogP contribution in [0.5, 0.6) is 5.88 Å². The fourth-order valence-corrected chi connectivity index (χ4v) is 3.45. The maximum Gasteiger partial charge on any atom is 0.223 e. The van der Waals surface area contributed by atoms with E-state index in [-0.39, 0.29) is 23.8 Å². The van der Waals surface area contributed by atoms with Gasteiger partial charge in [-0.05, 0) is 12.8 Å². The number of nitrogens with zero attached hydrogens (tertiary/aromatic N) is 3. The van der Waals surface area contributed by atoms with E-state index in [1.54, 1.807) is 14.2 Å². The van der Waals surface area contributed by atoms with E-state index in [4.69, 9.17) is 9.47 Å². The molecule has 2 fully saturated rings. The van der Waals surface area contributed by atoms with Crippen molar-refractivity contribution in [2.75, 3.05) is 38.8 Å². The van der Waals surface area contributed by atoms with Crippen LogP contribution in [0.1, 0.15) is 12.8 Å². The second-order valence-corrected chi connectivity index (χ2v) is 5.74. The lowest BCUT2D eigenvalue weighted by Crippen LogP contribution is -2.53. The molecular weight excluding hydrogens is 284 g/mol. The Morgan fingerprint density at radius 1 is 1.45 bits per heavy atom. The molecule has 2 saturated heterocycles. The number of carbonyl (C=O) groups excluding carboxylic acids is 1. The Morgan fingerprint density at radius 3 is 3.09 bits per heavy atom. The highest BCUT2D eigenvalue weighted by Crippen LogP contribution is 2.34. The molecule has 1 aromatic heterocycles. The van der Waals surface area contributed by atoms with E-state index in [0.29, 0.717) is 12.5 Å². The number of nitrogens with one attached hydrogen (secondary N) is 1. The fraction of sp³-hybridized carbons (Fsp3) is 0.667. The summed E-state index contributed by atoms with van der Waals surface area (Å²) < 4.78 is 11.0. The first-order chi connectivity index (χ1) is 10.7. The lowest BCUT2D eigenvalue weighted by Gasteiger charge is -2.44. The zero-order valence-corrected chi connectivity index (χ0v) is 13.0. The molecule has 1 N–H and O–H groups in total. The summed E-state index contributed by atoms with van der Waals surface area (Å²) in [5.74, 6) is 1.71. The molecule has 22 heavy (non-hydrogen) atoms. The van der Waals surface area contributed by atoms with Crippen molar-refractivity contribution in [1.82, 2.24) is 15.3 Å². The molecule has 7 heteroatoms. The van der Waals surface area contributed by atoms with Gasteiger partial charge in [-0.2, -0.15) is 0 Å². The minimum absolute atomic E-state index is 0.00952. The third-order valence-electron chi connectivity index (χ3n) is 4.61. The van der Waals surface area contributed by atoms with Gasteiger partial charge in [0.15, 0.2) is 0 Å². The van der Waals surface area contributed by atoms with Crippen LogP contribution in [0.3, 0.4) is 0 Å². The van der Waals surface area contributed by atoms with Gasteiger partial charge in [0.05, 0.1) is 13.2 Å². The van der Waals surface area contributed by atoms with Crippen molar-refractivity contribution < 1.29 is 14.3 Å². The normalized spacial score (nSPS) is 27.9. The van der Waals surface area contributed by atoms with Crippen LogP contribution in [-0.2, 0) is 9.53 Å². The molecule has 0 saturated carbocycles. The van der Waals surface area contributed by atoms with E-state index >= 15 is 0 Å². The highest BCUT2D eigenvalue weighted by Gasteiger charge is 2.41. The van der Waals surface area contributed by atoms with Crippen molar-refractivity contribution in [1.29, 1.82) is 0 Å². The molecule has 7 nitrogen and oxygen atoms in total. The molecule has 3 atom stereocenters. The van der Waals surface area contributed by atoms with Crippen LogP contribution >= 0.6 is 0 Å². The molecule has 0 bridgehead atoms. The van der Waals surface area contributed by atoms with Crippen LogP contribution in [0, 0.1) is 11.8 Å². The van der Waals surface area contributed by atoms with E-state index < -0.39 is 0 Å². The molecule has 1 amide bonds. The van der Waals surface area contributed by atoms with Gasteiger partial charge in [0.2, 0.25) is 11.8 Å². The van der Waals surface area contributed by atoms with Gasteiger partial charge in [0.1, 0.15) is 12.1 Å². The smallest absolute Gasteiger partial charge is 0.223 e. The number of aromatic nitrogens is 2. The van der Waals surface area contributed by atoms with Gasteiger partial charge in [-0.15, -0.1) is 0 Å². The summed E-state index contributed by atoms with van der Waals surface area (Å²) in [6.45, 7) is 2.30. The van der Waals surface area contributed by atoms with Gasteiger partial charge < -0.3 is 19.7 Å². The predicted octanol–water partition coefficient (Wildman–Crippen LogP) is 0.463. The van der Waals surface area contributed by atoms with E-state index in [0.717, 1.165) is 31.7 Å². The number of amides is 1. The summed E-state index contributed by atoms with van der Waals surface area (Å²) in [6, 6.07) is 1.83. The van der Waals surface area contributed by atoms with E-state index in [2.05, 4.69) is 20.2 Å². The number of fused-ring (bicyclic) bond motifs is 1. The molecule has 2 aliphatic heterocycles. The first-order valence-electron chi connectivity index (χ1n) is 7.67. The molecule has 0 radical (unpaired) electrons. The van der Waals surface area contributed by atoms with Gasteiger partial charge in [0.25, 0.3) is 0 Å². The Balaban J connectivity index is 1.78. The summed E-state index contributed by atoms with van der Waals surface area (Å²) in [5, 5.41) is 2.78. The average molecular weight is 306 g/mol. The Labute approximate surface area is 130 Å². The number of hydrogen-bond donors (Lipinski definition) is 1.